The summed E-state index contributed by atoms with van der Waals surface area (Å²) < 4.78 is 1.20. The van der Waals surface area contributed by atoms with Gasteiger partial charge in [0.2, 0.25) is 0 Å². The van der Waals surface area contributed by atoms with E-state index in [1.807, 2.05) is 0 Å². The van der Waals surface area contributed by atoms with Gasteiger partial charge in [-0.05, 0) is 48.0 Å². The van der Waals surface area contributed by atoms with Crippen LogP contribution in [0.3, 0.4) is 0 Å². The zero-order chi connectivity index (χ0) is 13.0. The Bertz CT molecular complexity index is 493. The van der Waals surface area contributed by atoms with Crippen LogP contribution in [0, 0.1) is 0 Å². The van der Waals surface area contributed by atoms with Crippen LogP contribution in [0.1, 0.15) is 28.9 Å². The molecule has 0 aliphatic heterocycles. The van der Waals surface area contributed by atoms with Crippen LogP contribution in [0.4, 0.5) is 0 Å². The summed E-state index contributed by atoms with van der Waals surface area (Å²) in [6.45, 7) is 4.11. The Morgan fingerprint density at radius 2 is 2.17 bits per heavy atom. The second-order valence-electron chi connectivity index (χ2n) is 4.36. The van der Waals surface area contributed by atoms with Gasteiger partial charge in [0, 0.05) is 23.3 Å². The highest BCUT2D eigenvalue weighted by atomic mass is 79.9. The highest BCUT2D eigenvalue weighted by molar-refractivity contribution is 9.11. The smallest absolute Gasteiger partial charge is 0.0928 e. The molecule has 2 rings (SSSR count). The molecule has 2 heterocycles. The average molecular weight is 345 g/mol. The number of thiophene rings is 1. The molecule has 2 aromatic heterocycles. The number of aromatic nitrogens is 1. The zero-order valence-corrected chi connectivity index (χ0v) is 13.9. The standard InChI is InChI=1S/C13H17BrN2S2/c1-3-4-13-15-10(9-17-13)7-16(2)8-11-5-6-12(14)18-11/h5-6,9H,3-4,7-8H2,1-2H3. The van der Waals surface area contributed by atoms with Crippen molar-refractivity contribution in [2.45, 2.75) is 32.9 Å². The van der Waals surface area contributed by atoms with E-state index in [4.69, 9.17) is 0 Å². The molecule has 5 heteroatoms. The van der Waals surface area contributed by atoms with E-state index < -0.39 is 0 Å². The van der Waals surface area contributed by atoms with E-state index in [1.54, 1.807) is 22.7 Å². The SMILES string of the molecule is CCCc1nc(CN(C)Cc2ccc(Br)s2)cs1. The Hall–Kier alpha value is -0.230. The summed E-state index contributed by atoms with van der Waals surface area (Å²) in [5, 5.41) is 3.45. The Balaban J connectivity index is 1.88. The molecule has 0 unspecified atom stereocenters. The molecule has 2 aromatic rings. The summed E-state index contributed by atoms with van der Waals surface area (Å²) in [5.74, 6) is 0. The fourth-order valence-corrected chi connectivity index (χ4v) is 4.24. The molecule has 0 N–H and O–H groups in total. The Kier molecular flexibility index (Phi) is 5.36. The van der Waals surface area contributed by atoms with Crippen molar-refractivity contribution in [1.82, 2.24) is 9.88 Å². The van der Waals surface area contributed by atoms with Gasteiger partial charge in [-0.1, -0.05) is 6.92 Å². The second-order valence-corrected chi connectivity index (χ2v) is 7.85. The van der Waals surface area contributed by atoms with Gasteiger partial charge in [-0.15, -0.1) is 22.7 Å². The molecule has 0 aromatic carbocycles. The molecule has 98 valence electrons. The number of rotatable bonds is 6. The molecule has 0 aliphatic carbocycles. The van der Waals surface area contributed by atoms with E-state index in [-0.39, 0.29) is 0 Å². The molecule has 0 saturated carbocycles. The largest absolute Gasteiger partial charge is 0.295 e. The molecule has 0 saturated heterocycles. The van der Waals surface area contributed by atoms with Gasteiger partial charge in [0.1, 0.15) is 0 Å². The second kappa shape index (κ2) is 6.80. The highest BCUT2D eigenvalue weighted by Gasteiger charge is 2.07. The van der Waals surface area contributed by atoms with Crippen LogP contribution in [0.25, 0.3) is 0 Å². The predicted molar refractivity (Wildman–Crippen MR) is 83.3 cm³/mol. The molecule has 0 aliphatic rings. The molecule has 2 nitrogen and oxygen atoms in total. The van der Waals surface area contributed by atoms with Crippen LogP contribution in [-0.4, -0.2) is 16.9 Å². The maximum Gasteiger partial charge on any atom is 0.0928 e. The van der Waals surface area contributed by atoms with Crippen LogP contribution in [0.15, 0.2) is 21.3 Å². The average Bonchev–Trinajstić information content (AvgIpc) is 2.89. The van der Waals surface area contributed by atoms with Crippen molar-refractivity contribution in [3.05, 3.63) is 36.9 Å². The van der Waals surface area contributed by atoms with Crippen LogP contribution in [0.5, 0.6) is 0 Å². The monoisotopic (exact) mass is 344 g/mol. The lowest BCUT2D eigenvalue weighted by atomic mass is 10.3. The molecule has 0 atom stereocenters. The molecule has 0 spiro atoms. The van der Waals surface area contributed by atoms with Crippen molar-refractivity contribution in [3.8, 4) is 0 Å². The molecule has 18 heavy (non-hydrogen) atoms. The van der Waals surface area contributed by atoms with Gasteiger partial charge >= 0.3 is 0 Å². The Morgan fingerprint density at radius 3 is 2.83 bits per heavy atom. The van der Waals surface area contributed by atoms with Gasteiger partial charge in [-0.3, -0.25) is 4.90 Å². The van der Waals surface area contributed by atoms with E-state index in [0.29, 0.717) is 0 Å². The van der Waals surface area contributed by atoms with E-state index >= 15 is 0 Å². The van der Waals surface area contributed by atoms with Crippen LogP contribution in [0.2, 0.25) is 0 Å². The maximum atomic E-state index is 4.66. The topological polar surface area (TPSA) is 16.1 Å². The summed E-state index contributed by atoms with van der Waals surface area (Å²) in [7, 11) is 2.15. The lowest BCUT2D eigenvalue weighted by Crippen LogP contribution is -2.16. The molecular weight excluding hydrogens is 328 g/mol. The summed E-state index contributed by atoms with van der Waals surface area (Å²) in [6.07, 6.45) is 2.28. The Labute approximate surface area is 125 Å². The van der Waals surface area contributed by atoms with Crippen LogP contribution in [-0.2, 0) is 19.5 Å². The van der Waals surface area contributed by atoms with E-state index in [1.165, 1.54) is 25.8 Å². The minimum absolute atomic E-state index is 0.926. The van der Waals surface area contributed by atoms with Crippen molar-refractivity contribution < 1.29 is 0 Å². The van der Waals surface area contributed by atoms with E-state index in [9.17, 15) is 0 Å². The quantitative estimate of drug-likeness (QED) is 0.763. The van der Waals surface area contributed by atoms with Crippen LogP contribution >= 0.6 is 38.6 Å². The van der Waals surface area contributed by atoms with Gasteiger partial charge in [0.05, 0.1) is 14.5 Å². The van der Waals surface area contributed by atoms with E-state index in [2.05, 4.69) is 57.3 Å². The number of halogens is 1. The third kappa shape index (κ3) is 4.16. The van der Waals surface area contributed by atoms with Crippen LogP contribution < -0.4 is 0 Å². The highest BCUT2D eigenvalue weighted by Crippen LogP contribution is 2.23. The summed E-state index contributed by atoms with van der Waals surface area (Å²) in [4.78, 5) is 8.35. The first-order valence-corrected chi connectivity index (χ1v) is 8.52. The first-order chi connectivity index (χ1) is 8.67. The number of nitrogens with zero attached hydrogens (tertiary/aromatic N) is 2. The molecular formula is C13H17BrN2S2. The van der Waals surface area contributed by atoms with Crippen molar-refractivity contribution in [3.63, 3.8) is 0 Å². The van der Waals surface area contributed by atoms with Gasteiger partial charge in [0.25, 0.3) is 0 Å². The molecule has 0 radical (unpaired) electrons. The number of hydrogen-bond donors (Lipinski definition) is 0. The minimum Gasteiger partial charge on any atom is -0.295 e. The van der Waals surface area contributed by atoms with Gasteiger partial charge < -0.3 is 0 Å². The van der Waals surface area contributed by atoms with Gasteiger partial charge in [-0.25, -0.2) is 4.98 Å². The first kappa shape index (κ1) is 14.2. The zero-order valence-electron chi connectivity index (χ0n) is 10.6. The third-order valence-corrected chi connectivity index (χ3v) is 5.12. The lowest BCUT2D eigenvalue weighted by Gasteiger charge is -2.13. The van der Waals surface area contributed by atoms with Crippen molar-refractivity contribution in [2.24, 2.45) is 0 Å². The third-order valence-electron chi connectivity index (χ3n) is 2.55. The molecule has 0 fully saturated rings. The lowest BCUT2D eigenvalue weighted by molar-refractivity contribution is 0.318. The van der Waals surface area contributed by atoms with Crippen molar-refractivity contribution in [1.29, 1.82) is 0 Å². The minimum atomic E-state index is 0.926. The predicted octanol–water partition coefficient (Wildman–Crippen LogP) is 4.55. The van der Waals surface area contributed by atoms with Crippen molar-refractivity contribution >= 4 is 38.6 Å². The molecule has 0 bridgehead atoms. The summed E-state index contributed by atoms with van der Waals surface area (Å²) >= 11 is 7.08. The molecule has 0 amide bonds. The fraction of sp³-hybridized carbons (Fsp3) is 0.462. The first-order valence-electron chi connectivity index (χ1n) is 6.03. The van der Waals surface area contributed by atoms with Gasteiger partial charge in [0.15, 0.2) is 0 Å². The Morgan fingerprint density at radius 1 is 1.33 bits per heavy atom. The summed E-state index contributed by atoms with van der Waals surface area (Å²) in [6, 6.07) is 4.28. The number of thiazole rings is 1. The number of aryl methyl sites for hydroxylation is 1. The summed E-state index contributed by atoms with van der Waals surface area (Å²) in [5.41, 5.74) is 1.20. The fourth-order valence-electron chi connectivity index (χ4n) is 1.79. The van der Waals surface area contributed by atoms with Gasteiger partial charge in [-0.2, -0.15) is 0 Å². The number of hydrogen-bond acceptors (Lipinski definition) is 4. The van der Waals surface area contributed by atoms with Crippen molar-refractivity contribution in [2.75, 3.05) is 7.05 Å². The maximum absolute atomic E-state index is 4.66. The normalized spacial score (nSPS) is 11.3. The van der Waals surface area contributed by atoms with E-state index in [0.717, 1.165) is 19.5 Å².